The lowest BCUT2D eigenvalue weighted by Gasteiger charge is -2.16. The van der Waals surface area contributed by atoms with Gasteiger partial charge in [0.15, 0.2) is 23.1 Å². The molecule has 0 aliphatic heterocycles. The molecule has 0 saturated carbocycles. The Morgan fingerprint density at radius 2 is 1.90 bits per heavy atom. The lowest BCUT2D eigenvalue weighted by atomic mass is 10.1. The van der Waals surface area contributed by atoms with Gasteiger partial charge in [0.1, 0.15) is 11.3 Å². The van der Waals surface area contributed by atoms with E-state index in [9.17, 15) is 4.79 Å². The van der Waals surface area contributed by atoms with Gasteiger partial charge < -0.3 is 11.1 Å². The van der Waals surface area contributed by atoms with Crippen molar-refractivity contribution in [3.63, 3.8) is 0 Å². The number of hydrogen-bond acceptors (Lipinski definition) is 7. The number of aromatic nitrogens is 7. The Hall–Kier alpha value is -5.45. The fourth-order valence-electron chi connectivity index (χ4n) is 5.40. The van der Waals surface area contributed by atoms with Crippen molar-refractivity contribution in [3.05, 3.63) is 108 Å². The van der Waals surface area contributed by atoms with Crippen LogP contribution < -0.4 is 11.1 Å². The number of nitrogens with two attached hydrogens (primary N) is 1. The Morgan fingerprint density at radius 1 is 1.05 bits per heavy atom. The molecule has 0 fully saturated rings. The molecule has 5 aromatic heterocycles. The molecule has 1 aliphatic rings. The fourth-order valence-corrected chi connectivity index (χ4v) is 5.40. The van der Waals surface area contributed by atoms with Crippen LogP contribution in [0.3, 0.4) is 0 Å². The van der Waals surface area contributed by atoms with Crippen molar-refractivity contribution in [2.75, 3.05) is 5.73 Å². The van der Waals surface area contributed by atoms with Crippen LogP contribution in [0.5, 0.6) is 0 Å². The molecule has 0 unspecified atom stereocenters. The van der Waals surface area contributed by atoms with E-state index < -0.39 is 5.82 Å². The van der Waals surface area contributed by atoms with Crippen molar-refractivity contribution >= 4 is 22.9 Å². The second-order valence-corrected chi connectivity index (χ2v) is 9.88. The second kappa shape index (κ2) is 9.63. The third-order valence-corrected chi connectivity index (χ3v) is 7.39. The largest absolute Gasteiger partial charge is 0.383 e. The van der Waals surface area contributed by atoms with Crippen LogP contribution in [0.2, 0.25) is 0 Å². The number of carbonyl (C=O) groups is 1. The zero-order valence-corrected chi connectivity index (χ0v) is 22.0. The summed E-state index contributed by atoms with van der Waals surface area (Å²) >= 11 is 0. The molecule has 1 aliphatic carbocycles. The predicted molar refractivity (Wildman–Crippen MR) is 151 cm³/mol. The number of carbonyl (C=O) groups excluding carboxylic acids is 1. The van der Waals surface area contributed by atoms with Gasteiger partial charge in [-0.3, -0.25) is 14.3 Å². The summed E-state index contributed by atoms with van der Waals surface area (Å²) in [4.78, 5) is 30.8. The molecule has 7 rings (SSSR count). The van der Waals surface area contributed by atoms with Gasteiger partial charge in [0.2, 0.25) is 0 Å². The third-order valence-electron chi connectivity index (χ3n) is 7.39. The average Bonchev–Trinajstić information content (AvgIpc) is 3.73. The normalized spacial score (nSPS) is 14.3. The summed E-state index contributed by atoms with van der Waals surface area (Å²) in [6.45, 7) is 1.82. The second-order valence-electron chi connectivity index (χ2n) is 9.88. The summed E-state index contributed by atoms with van der Waals surface area (Å²) in [7, 11) is 0. The number of nitrogen functional groups attached to an aromatic ring is 1. The minimum Gasteiger partial charge on any atom is -0.383 e. The number of imidazole rings is 1. The highest BCUT2D eigenvalue weighted by Crippen LogP contribution is 2.36. The average molecular weight is 546 g/mol. The van der Waals surface area contributed by atoms with Crippen LogP contribution in [0.15, 0.2) is 79.4 Å². The standard InChI is InChI=1S/C30H24FN9O/c1-17-20(5-2-11-33-17)30(41)36-24-10-7-18-15-19(8-9-21(18)24)40-28(22-6-3-12-34-27(22)32)38-26-23(31)16-25(37-29(26)40)39-14-4-13-35-39/h2-6,8-9,11-16,24H,7,10H2,1H3,(H2,32,34)(H,36,41)/t24-/m0/s1. The first kappa shape index (κ1) is 24.6. The first-order chi connectivity index (χ1) is 20.0. The highest BCUT2D eigenvalue weighted by atomic mass is 19.1. The molecule has 41 heavy (non-hydrogen) atoms. The van der Waals surface area contributed by atoms with Gasteiger partial charge in [-0.05, 0) is 73.4 Å². The number of benzene rings is 1. The number of fused-ring (bicyclic) bond motifs is 2. The fraction of sp³-hybridized carbons (Fsp3) is 0.133. The lowest BCUT2D eigenvalue weighted by molar-refractivity contribution is 0.0935. The van der Waals surface area contributed by atoms with Gasteiger partial charge in [0.05, 0.1) is 17.2 Å². The Bertz CT molecular complexity index is 1950. The van der Waals surface area contributed by atoms with E-state index in [4.69, 9.17) is 10.7 Å². The first-order valence-corrected chi connectivity index (χ1v) is 13.1. The highest BCUT2D eigenvalue weighted by molar-refractivity contribution is 5.95. The van der Waals surface area contributed by atoms with Gasteiger partial charge >= 0.3 is 0 Å². The molecular formula is C30H24FN9O. The van der Waals surface area contributed by atoms with Crippen LogP contribution in [0.25, 0.3) is 34.1 Å². The van der Waals surface area contributed by atoms with Crippen molar-refractivity contribution in [2.45, 2.75) is 25.8 Å². The zero-order chi connectivity index (χ0) is 28.1. The Morgan fingerprint density at radius 3 is 2.71 bits per heavy atom. The molecule has 0 radical (unpaired) electrons. The van der Waals surface area contributed by atoms with Crippen molar-refractivity contribution in [2.24, 2.45) is 0 Å². The molecule has 6 aromatic rings. The van der Waals surface area contributed by atoms with Crippen LogP contribution in [-0.4, -0.2) is 40.2 Å². The van der Waals surface area contributed by atoms with Crippen molar-refractivity contribution in [1.82, 2.24) is 39.6 Å². The van der Waals surface area contributed by atoms with Crippen LogP contribution in [-0.2, 0) is 6.42 Å². The van der Waals surface area contributed by atoms with E-state index in [1.807, 2.05) is 25.1 Å². The number of aryl methyl sites for hydroxylation is 2. The van der Waals surface area contributed by atoms with E-state index in [1.165, 1.54) is 10.7 Å². The van der Waals surface area contributed by atoms with E-state index in [-0.39, 0.29) is 23.3 Å². The maximum Gasteiger partial charge on any atom is 0.253 e. The molecule has 11 heteroatoms. The molecule has 1 atom stereocenters. The third kappa shape index (κ3) is 4.18. The summed E-state index contributed by atoms with van der Waals surface area (Å²) in [5.41, 5.74) is 11.3. The van der Waals surface area contributed by atoms with E-state index in [0.29, 0.717) is 34.1 Å². The van der Waals surface area contributed by atoms with Crippen molar-refractivity contribution in [1.29, 1.82) is 0 Å². The van der Waals surface area contributed by atoms with Gasteiger partial charge in [-0.2, -0.15) is 5.10 Å². The molecule has 0 spiro atoms. The number of halogens is 1. The Kier molecular flexibility index (Phi) is 5.77. The Labute approximate surface area is 233 Å². The predicted octanol–water partition coefficient (Wildman–Crippen LogP) is 4.51. The van der Waals surface area contributed by atoms with Gasteiger partial charge in [-0.1, -0.05) is 6.07 Å². The maximum absolute atomic E-state index is 15.5. The quantitative estimate of drug-likeness (QED) is 0.326. The Balaban J connectivity index is 1.34. The molecule has 0 bridgehead atoms. The molecule has 1 amide bonds. The van der Waals surface area contributed by atoms with Crippen LogP contribution in [0.1, 0.15) is 39.6 Å². The summed E-state index contributed by atoms with van der Waals surface area (Å²) in [5.74, 6) is 0.327. The smallest absolute Gasteiger partial charge is 0.253 e. The first-order valence-electron chi connectivity index (χ1n) is 13.1. The summed E-state index contributed by atoms with van der Waals surface area (Å²) < 4.78 is 18.8. The summed E-state index contributed by atoms with van der Waals surface area (Å²) in [5, 5.41) is 7.37. The maximum atomic E-state index is 15.5. The van der Waals surface area contributed by atoms with Gasteiger partial charge in [-0.15, -0.1) is 0 Å². The lowest BCUT2D eigenvalue weighted by Crippen LogP contribution is -2.27. The molecule has 10 nitrogen and oxygen atoms in total. The zero-order valence-electron chi connectivity index (χ0n) is 22.0. The van der Waals surface area contributed by atoms with Gasteiger partial charge in [0, 0.05) is 42.2 Å². The molecule has 0 saturated heterocycles. The molecule has 3 N–H and O–H groups in total. The van der Waals surface area contributed by atoms with Crippen LogP contribution >= 0.6 is 0 Å². The number of rotatable bonds is 5. The summed E-state index contributed by atoms with van der Waals surface area (Å²) in [6, 6.07) is 16.0. The monoisotopic (exact) mass is 545 g/mol. The van der Waals surface area contributed by atoms with Gasteiger partial charge in [0.25, 0.3) is 5.91 Å². The van der Waals surface area contributed by atoms with Crippen molar-refractivity contribution < 1.29 is 9.18 Å². The van der Waals surface area contributed by atoms with E-state index >= 15 is 4.39 Å². The number of nitrogens with one attached hydrogen (secondary N) is 1. The van der Waals surface area contributed by atoms with Crippen LogP contribution in [0, 0.1) is 12.7 Å². The molecule has 202 valence electrons. The van der Waals surface area contributed by atoms with E-state index in [0.717, 1.165) is 29.7 Å². The minimum atomic E-state index is -0.530. The van der Waals surface area contributed by atoms with Gasteiger partial charge in [-0.25, -0.2) is 24.0 Å². The van der Waals surface area contributed by atoms with E-state index in [2.05, 4.69) is 25.4 Å². The number of hydrogen-bond donors (Lipinski definition) is 2. The molecule has 1 aromatic carbocycles. The minimum absolute atomic E-state index is 0.108. The molecule has 5 heterocycles. The molecular weight excluding hydrogens is 521 g/mol. The number of amides is 1. The number of nitrogens with zero attached hydrogens (tertiary/aromatic N) is 7. The van der Waals surface area contributed by atoms with Crippen molar-refractivity contribution in [3.8, 4) is 22.9 Å². The van der Waals surface area contributed by atoms with Crippen LogP contribution in [0.4, 0.5) is 10.2 Å². The summed E-state index contributed by atoms with van der Waals surface area (Å²) in [6.07, 6.45) is 8.09. The topological polar surface area (TPSA) is 129 Å². The number of anilines is 1. The van der Waals surface area contributed by atoms with E-state index in [1.54, 1.807) is 59.7 Å². The number of pyridine rings is 3. The SMILES string of the molecule is Cc1ncccc1C(=O)N[C@H]1CCc2cc(-n3c(-c4cccnc4N)nc4c(F)cc(-n5cccn5)nc43)ccc21. The highest BCUT2D eigenvalue weighted by Gasteiger charge is 2.27.